The van der Waals surface area contributed by atoms with Crippen LogP contribution in [0.2, 0.25) is 0 Å². The summed E-state index contributed by atoms with van der Waals surface area (Å²) in [6.07, 6.45) is 7.45. The highest BCUT2D eigenvalue weighted by Crippen LogP contribution is 2.25. The van der Waals surface area contributed by atoms with Crippen LogP contribution in [0.1, 0.15) is 43.4 Å². The van der Waals surface area contributed by atoms with Crippen LogP contribution in [0.5, 0.6) is 0 Å². The lowest BCUT2D eigenvalue weighted by Crippen LogP contribution is -2.16. The molecule has 0 bridgehead atoms. The van der Waals surface area contributed by atoms with Gasteiger partial charge in [-0.3, -0.25) is 4.79 Å². The van der Waals surface area contributed by atoms with Crippen molar-refractivity contribution in [2.75, 3.05) is 0 Å². The van der Waals surface area contributed by atoms with Crippen molar-refractivity contribution in [1.29, 1.82) is 5.26 Å². The molecule has 3 heteroatoms. The summed E-state index contributed by atoms with van der Waals surface area (Å²) in [5.74, 6) is 0.706. The van der Waals surface area contributed by atoms with Gasteiger partial charge >= 0.3 is 0 Å². The van der Waals surface area contributed by atoms with Crippen molar-refractivity contribution in [3.8, 4) is 6.07 Å². The number of aromatic amines is 1. The Labute approximate surface area is 95.1 Å². The molecule has 0 unspecified atom stereocenters. The highest BCUT2D eigenvalue weighted by atomic mass is 16.1. The molecule has 2 rings (SSSR count). The summed E-state index contributed by atoms with van der Waals surface area (Å²) in [6.45, 7) is 0. The second-order valence-electron chi connectivity index (χ2n) is 4.55. The third kappa shape index (κ3) is 2.52. The Hall–Kier alpha value is -1.56. The van der Waals surface area contributed by atoms with Gasteiger partial charge in [-0.15, -0.1) is 0 Å². The number of H-pyrrole nitrogens is 1. The van der Waals surface area contributed by atoms with Gasteiger partial charge in [0.1, 0.15) is 11.6 Å². The first-order chi connectivity index (χ1) is 7.79. The van der Waals surface area contributed by atoms with Gasteiger partial charge in [0, 0.05) is 5.69 Å². The Balaban J connectivity index is 2.07. The minimum Gasteiger partial charge on any atom is -0.325 e. The molecular formula is C13H16N2O. The number of aromatic nitrogens is 1. The van der Waals surface area contributed by atoms with Crippen molar-refractivity contribution in [2.45, 2.75) is 38.5 Å². The van der Waals surface area contributed by atoms with Crippen molar-refractivity contribution >= 4 is 0 Å². The number of nitrogens with one attached hydrogen (secondary N) is 1. The summed E-state index contributed by atoms with van der Waals surface area (Å²) in [7, 11) is 0. The monoisotopic (exact) mass is 216 g/mol. The fourth-order valence-electron chi connectivity index (χ4n) is 2.42. The molecule has 1 fully saturated rings. The van der Waals surface area contributed by atoms with Crippen LogP contribution in [0.3, 0.4) is 0 Å². The lowest BCUT2D eigenvalue weighted by Gasteiger charge is -2.21. The van der Waals surface area contributed by atoms with Crippen LogP contribution < -0.4 is 5.56 Å². The lowest BCUT2D eigenvalue weighted by atomic mass is 9.86. The van der Waals surface area contributed by atoms with E-state index < -0.39 is 0 Å². The zero-order valence-electron chi connectivity index (χ0n) is 9.33. The maximum Gasteiger partial charge on any atom is 0.266 e. The molecule has 0 saturated heterocycles. The Morgan fingerprint density at radius 3 is 2.69 bits per heavy atom. The molecule has 1 aromatic rings. The van der Waals surface area contributed by atoms with Crippen LogP contribution in [0.25, 0.3) is 0 Å². The second-order valence-corrected chi connectivity index (χ2v) is 4.55. The Bertz CT molecular complexity index is 450. The predicted molar refractivity (Wildman–Crippen MR) is 62.1 cm³/mol. The van der Waals surface area contributed by atoms with Gasteiger partial charge in [0.05, 0.1) is 0 Å². The number of hydrogen-bond acceptors (Lipinski definition) is 2. The molecule has 0 atom stereocenters. The van der Waals surface area contributed by atoms with Crippen molar-refractivity contribution in [1.82, 2.24) is 4.98 Å². The van der Waals surface area contributed by atoms with Crippen LogP contribution in [0.4, 0.5) is 0 Å². The molecule has 0 aromatic carbocycles. The summed E-state index contributed by atoms with van der Waals surface area (Å²) >= 11 is 0. The predicted octanol–water partition coefficient (Wildman–Crippen LogP) is 2.37. The minimum absolute atomic E-state index is 0.201. The van der Waals surface area contributed by atoms with E-state index in [0.717, 1.165) is 12.1 Å². The fourth-order valence-corrected chi connectivity index (χ4v) is 2.42. The SMILES string of the molecule is N#Cc1ccc(CC2CCCCC2)[nH]c1=O. The zero-order chi connectivity index (χ0) is 11.4. The van der Waals surface area contributed by atoms with E-state index in [1.165, 1.54) is 32.1 Å². The van der Waals surface area contributed by atoms with Gasteiger partial charge in [-0.1, -0.05) is 32.1 Å². The Kier molecular flexibility index (Phi) is 3.40. The maximum atomic E-state index is 11.4. The summed E-state index contributed by atoms with van der Waals surface area (Å²) in [6, 6.07) is 5.37. The molecule has 16 heavy (non-hydrogen) atoms. The van der Waals surface area contributed by atoms with E-state index in [2.05, 4.69) is 4.98 Å². The van der Waals surface area contributed by atoms with Gasteiger partial charge in [-0.05, 0) is 24.5 Å². The normalized spacial score (nSPS) is 16.9. The third-order valence-electron chi connectivity index (χ3n) is 3.32. The Morgan fingerprint density at radius 2 is 2.06 bits per heavy atom. The summed E-state index contributed by atoms with van der Waals surface area (Å²) in [5.41, 5.74) is 0.916. The quantitative estimate of drug-likeness (QED) is 0.825. The summed E-state index contributed by atoms with van der Waals surface area (Å²) in [4.78, 5) is 14.2. The van der Waals surface area contributed by atoms with Crippen molar-refractivity contribution in [3.63, 3.8) is 0 Å². The van der Waals surface area contributed by atoms with Gasteiger partial charge < -0.3 is 4.98 Å². The van der Waals surface area contributed by atoms with Crippen LogP contribution >= 0.6 is 0 Å². The summed E-state index contributed by atoms with van der Waals surface area (Å²) in [5, 5.41) is 8.66. The van der Waals surface area contributed by atoms with Crippen LogP contribution in [0.15, 0.2) is 16.9 Å². The number of pyridine rings is 1. The van der Waals surface area contributed by atoms with Gasteiger partial charge in [0.2, 0.25) is 0 Å². The number of nitriles is 1. The number of nitrogens with zero attached hydrogens (tertiary/aromatic N) is 1. The molecule has 1 aliphatic carbocycles. The Morgan fingerprint density at radius 1 is 1.31 bits per heavy atom. The molecule has 0 aliphatic heterocycles. The smallest absolute Gasteiger partial charge is 0.266 e. The van der Waals surface area contributed by atoms with Gasteiger partial charge in [0.15, 0.2) is 0 Å². The molecule has 0 radical (unpaired) electrons. The molecule has 84 valence electrons. The maximum absolute atomic E-state index is 11.4. The third-order valence-corrected chi connectivity index (χ3v) is 3.32. The highest BCUT2D eigenvalue weighted by molar-refractivity contribution is 5.26. The van der Waals surface area contributed by atoms with E-state index >= 15 is 0 Å². The zero-order valence-corrected chi connectivity index (χ0v) is 9.33. The lowest BCUT2D eigenvalue weighted by molar-refractivity contribution is 0.354. The van der Waals surface area contributed by atoms with Crippen molar-refractivity contribution in [3.05, 3.63) is 33.7 Å². The van der Waals surface area contributed by atoms with E-state index in [0.29, 0.717) is 5.92 Å². The van der Waals surface area contributed by atoms with Gasteiger partial charge in [-0.25, -0.2) is 0 Å². The van der Waals surface area contributed by atoms with E-state index in [1.54, 1.807) is 6.07 Å². The van der Waals surface area contributed by atoms with Crippen LogP contribution in [-0.4, -0.2) is 4.98 Å². The molecule has 0 spiro atoms. The van der Waals surface area contributed by atoms with E-state index in [-0.39, 0.29) is 11.1 Å². The van der Waals surface area contributed by atoms with E-state index in [9.17, 15) is 4.79 Å². The highest BCUT2D eigenvalue weighted by Gasteiger charge is 2.14. The van der Waals surface area contributed by atoms with Gasteiger partial charge in [-0.2, -0.15) is 5.26 Å². The topological polar surface area (TPSA) is 56.6 Å². The average Bonchev–Trinajstić information content (AvgIpc) is 2.31. The second kappa shape index (κ2) is 4.98. The first kappa shape index (κ1) is 10.9. The fraction of sp³-hybridized carbons (Fsp3) is 0.538. The van der Waals surface area contributed by atoms with Crippen molar-refractivity contribution < 1.29 is 0 Å². The molecule has 1 saturated carbocycles. The van der Waals surface area contributed by atoms with E-state index in [1.807, 2.05) is 12.1 Å². The van der Waals surface area contributed by atoms with Crippen LogP contribution in [0, 0.1) is 17.2 Å². The first-order valence-corrected chi connectivity index (χ1v) is 5.92. The molecule has 1 N–H and O–H groups in total. The molecule has 3 nitrogen and oxygen atoms in total. The minimum atomic E-state index is -0.254. The molecule has 1 aromatic heterocycles. The number of rotatable bonds is 2. The standard InChI is InChI=1S/C13H16N2O/c14-9-11-6-7-12(15-13(11)16)8-10-4-2-1-3-5-10/h6-7,10H,1-5,8H2,(H,15,16). The first-order valence-electron chi connectivity index (χ1n) is 5.92. The molecular weight excluding hydrogens is 200 g/mol. The van der Waals surface area contributed by atoms with Gasteiger partial charge in [0.25, 0.3) is 5.56 Å². The molecule has 1 heterocycles. The summed E-state index contributed by atoms with van der Waals surface area (Å²) < 4.78 is 0. The van der Waals surface area contributed by atoms with Crippen molar-refractivity contribution in [2.24, 2.45) is 5.92 Å². The molecule has 1 aliphatic rings. The number of hydrogen-bond donors (Lipinski definition) is 1. The molecule has 0 amide bonds. The van der Waals surface area contributed by atoms with E-state index in [4.69, 9.17) is 5.26 Å². The average molecular weight is 216 g/mol. The largest absolute Gasteiger partial charge is 0.325 e. The van der Waals surface area contributed by atoms with Crippen LogP contribution in [-0.2, 0) is 6.42 Å².